The first kappa shape index (κ1) is 20.8. The van der Waals surface area contributed by atoms with Crippen LogP contribution in [0.4, 0.5) is 5.13 Å². The number of hydrogen-bond donors (Lipinski definition) is 1. The Morgan fingerprint density at radius 2 is 1.80 bits per heavy atom. The lowest BCUT2D eigenvalue weighted by Gasteiger charge is -2.04. The molecule has 0 radical (unpaired) electrons. The van der Waals surface area contributed by atoms with E-state index in [0.29, 0.717) is 17.3 Å². The van der Waals surface area contributed by atoms with Gasteiger partial charge in [-0.1, -0.05) is 29.5 Å². The molecular weight excluding hydrogens is 511 g/mol. The minimum atomic E-state index is -0.239. The summed E-state index contributed by atoms with van der Waals surface area (Å²) in [5, 5.41) is 3.47. The van der Waals surface area contributed by atoms with Crippen molar-refractivity contribution in [3.63, 3.8) is 0 Å². The number of hydrogen-bond acceptors (Lipinski definition) is 5. The molecule has 5 nitrogen and oxygen atoms in total. The van der Waals surface area contributed by atoms with Gasteiger partial charge >= 0.3 is 21.2 Å². The number of carbonyl (C=O) groups excluding carboxylic acids is 1. The molecule has 0 spiro atoms. The quantitative estimate of drug-likeness (QED) is 0.215. The van der Waals surface area contributed by atoms with Gasteiger partial charge in [0.1, 0.15) is 5.75 Å². The van der Waals surface area contributed by atoms with Gasteiger partial charge in [0.2, 0.25) is 0 Å². The van der Waals surface area contributed by atoms with E-state index in [1.54, 1.807) is 0 Å². The molecule has 0 unspecified atom stereocenters. The number of halogens is 1. The first-order chi connectivity index (χ1) is 14.7. The normalized spacial score (nSPS) is 10.8. The molecule has 1 heterocycles. The predicted octanol–water partition coefficient (Wildman–Crippen LogP) is 2.05. The second-order valence-electron chi connectivity index (χ2n) is 6.25. The average Bonchev–Trinajstić information content (AvgIpc) is 3.16. The zero-order chi connectivity index (χ0) is 20.8. The Hall–Kier alpha value is -2.49. The third-order valence-electron chi connectivity index (χ3n) is 4.15. The lowest BCUT2D eigenvalue weighted by atomic mass is 10.2. The molecule has 7 heteroatoms. The van der Waals surface area contributed by atoms with Crippen molar-refractivity contribution in [2.45, 2.75) is 6.92 Å². The van der Waals surface area contributed by atoms with Crippen molar-refractivity contribution in [2.75, 3.05) is 18.7 Å². The number of fused-ring (bicyclic) bond motifs is 1. The predicted molar refractivity (Wildman–Crippen MR) is 115 cm³/mol. The lowest BCUT2D eigenvalue weighted by molar-refractivity contribution is -0.597. The number of benzene rings is 3. The summed E-state index contributed by atoms with van der Waals surface area (Å²) in [6, 6.07) is 23.9. The number of rotatable bonds is 8. The fourth-order valence-corrected chi connectivity index (χ4v) is 5.78. The van der Waals surface area contributed by atoms with Crippen molar-refractivity contribution < 1.29 is 35.5 Å². The number of thiazole rings is 1. The van der Waals surface area contributed by atoms with E-state index >= 15 is 0 Å². The summed E-state index contributed by atoms with van der Waals surface area (Å²) in [7, 11) is 0. The van der Waals surface area contributed by atoms with E-state index in [1.807, 2.05) is 55.5 Å². The largest absolute Gasteiger partial charge is 0.468 e. The van der Waals surface area contributed by atoms with Gasteiger partial charge in [-0.05, 0) is 61.5 Å². The highest BCUT2D eigenvalue weighted by atomic mass is 127. The van der Waals surface area contributed by atoms with Gasteiger partial charge in [0.05, 0.1) is 10.2 Å². The van der Waals surface area contributed by atoms with Crippen molar-refractivity contribution >= 4 is 32.6 Å². The zero-order valence-electron chi connectivity index (χ0n) is 16.3. The number of amides is 1. The summed E-state index contributed by atoms with van der Waals surface area (Å²) in [6.07, 6.45) is 0. The van der Waals surface area contributed by atoms with Crippen LogP contribution in [0, 0.1) is 7.14 Å². The zero-order valence-corrected chi connectivity index (χ0v) is 19.3. The Morgan fingerprint density at radius 3 is 2.57 bits per heavy atom. The molecule has 0 atom stereocenters. The molecule has 0 aliphatic heterocycles. The van der Waals surface area contributed by atoms with E-state index < -0.39 is 0 Å². The van der Waals surface area contributed by atoms with Gasteiger partial charge in [0.25, 0.3) is 5.91 Å². The molecule has 3 aromatic carbocycles. The van der Waals surface area contributed by atoms with Gasteiger partial charge in [-0.25, -0.2) is 4.98 Å². The van der Waals surface area contributed by atoms with Gasteiger partial charge in [-0.2, -0.15) is 0 Å². The smallest absolute Gasteiger partial charge is 0.357 e. The maximum atomic E-state index is 12.6. The minimum absolute atomic E-state index is 0.161. The summed E-state index contributed by atoms with van der Waals surface area (Å²) >= 11 is 1.18. The molecule has 0 saturated heterocycles. The van der Waals surface area contributed by atoms with Crippen LogP contribution in [-0.4, -0.2) is 24.3 Å². The van der Waals surface area contributed by atoms with Crippen LogP contribution in [-0.2, 0) is 4.74 Å². The third-order valence-corrected chi connectivity index (χ3v) is 7.77. The number of carbonyl (C=O) groups is 1. The molecule has 0 bridgehead atoms. The van der Waals surface area contributed by atoms with E-state index in [9.17, 15) is 4.79 Å². The van der Waals surface area contributed by atoms with E-state index in [2.05, 4.69) is 34.6 Å². The Balaban J connectivity index is 1.41. The SMILES string of the molecule is CCOCOc1ccc2nc(NC(=O)c3ccc([I+]c4ccccc4)cc3)sc2c1. The highest BCUT2D eigenvalue weighted by Gasteiger charge is 2.16. The molecule has 0 aliphatic carbocycles. The first-order valence-electron chi connectivity index (χ1n) is 9.43. The fraction of sp³-hybridized carbons (Fsp3) is 0.130. The number of aromatic nitrogens is 1. The van der Waals surface area contributed by atoms with Crippen molar-refractivity contribution in [3.05, 3.63) is 85.5 Å². The Bertz CT molecular complexity index is 1130. The molecule has 152 valence electrons. The van der Waals surface area contributed by atoms with Crippen LogP contribution in [0.15, 0.2) is 72.8 Å². The molecule has 1 aromatic heterocycles. The Labute approximate surface area is 189 Å². The molecule has 1 N–H and O–H groups in total. The molecule has 0 fully saturated rings. The van der Waals surface area contributed by atoms with E-state index in [4.69, 9.17) is 9.47 Å². The monoisotopic (exact) mass is 531 g/mol. The number of nitrogens with zero attached hydrogens (tertiary/aromatic N) is 1. The van der Waals surface area contributed by atoms with Crippen LogP contribution in [0.2, 0.25) is 0 Å². The van der Waals surface area contributed by atoms with Crippen LogP contribution in [0.3, 0.4) is 0 Å². The van der Waals surface area contributed by atoms with Crippen LogP contribution in [0.5, 0.6) is 5.75 Å². The van der Waals surface area contributed by atoms with Crippen molar-refractivity contribution in [3.8, 4) is 5.75 Å². The number of nitrogens with one attached hydrogen (secondary N) is 1. The molecule has 0 aliphatic rings. The van der Waals surface area contributed by atoms with Crippen LogP contribution < -0.4 is 31.3 Å². The van der Waals surface area contributed by atoms with Gasteiger partial charge in [0.15, 0.2) is 19.1 Å². The molecular formula is C23H20IN2O3S+. The second-order valence-corrected chi connectivity index (χ2v) is 10.3. The second kappa shape index (κ2) is 10.0. The summed E-state index contributed by atoms with van der Waals surface area (Å²) in [6.45, 7) is 2.74. The van der Waals surface area contributed by atoms with E-state index in [-0.39, 0.29) is 33.9 Å². The number of ether oxygens (including phenoxy) is 2. The highest BCUT2D eigenvalue weighted by Crippen LogP contribution is 2.29. The summed E-state index contributed by atoms with van der Waals surface area (Å²) in [5.41, 5.74) is 1.44. The van der Waals surface area contributed by atoms with Gasteiger partial charge < -0.3 is 9.47 Å². The molecule has 0 saturated carbocycles. The minimum Gasteiger partial charge on any atom is -0.468 e. The van der Waals surface area contributed by atoms with Crippen molar-refractivity contribution in [1.82, 2.24) is 4.98 Å². The summed E-state index contributed by atoms with van der Waals surface area (Å²) in [5.74, 6) is 0.557. The Kier molecular flexibility index (Phi) is 6.93. The van der Waals surface area contributed by atoms with Crippen LogP contribution in [0.1, 0.15) is 17.3 Å². The maximum Gasteiger partial charge on any atom is 0.357 e. The molecule has 4 rings (SSSR count). The number of anilines is 1. The van der Waals surface area contributed by atoms with Gasteiger partial charge in [0, 0.05) is 12.2 Å². The van der Waals surface area contributed by atoms with E-state index in [0.717, 1.165) is 16.0 Å². The molecule has 4 aromatic rings. The first-order valence-corrected chi connectivity index (χ1v) is 12.4. The van der Waals surface area contributed by atoms with Crippen LogP contribution in [0.25, 0.3) is 10.2 Å². The van der Waals surface area contributed by atoms with Crippen LogP contribution >= 0.6 is 11.3 Å². The van der Waals surface area contributed by atoms with Gasteiger partial charge in [-0.3, -0.25) is 10.1 Å². The van der Waals surface area contributed by atoms with E-state index in [1.165, 1.54) is 18.5 Å². The van der Waals surface area contributed by atoms with Crippen molar-refractivity contribution in [1.29, 1.82) is 0 Å². The lowest BCUT2D eigenvalue weighted by Crippen LogP contribution is -3.61. The fourth-order valence-electron chi connectivity index (χ4n) is 2.68. The highest BCUT2D eigenvalue weighted by molar-refractivity contribution is 7.22. The molecule has 1 amide bonds. The maximum absolute atomic E-state index is 12.6. The Morgan fingerprint density at radius 1 is 1.03 bits per heavy atom. The standard InChI is InChI=1S/C23H19IN2O3S/c1-2-28-15-29-19-12-13-20-21(14-19)30-23(25-20)26-22(27)16-8-10-18(11-9-16)24-17-6-4-3-5-7-17/h3-14H,2,15H2,1H3/p+1. The molecule has 30 heavy (non-hydrogen) atoms. The summed E-state index contributed by atoms with van der Waals surface area (Å²) in [4.78, 5) is 17.1. The average molecular weight is 531 g/mol. The van der Waals surface area contributed by atoms with Crippen molar-refractivity contribution in [2.24, 2.45) is 0 Å². The third kappa shape index (κ3) is 5.35. The summed E-state index contributed by atoms with van der Waals surface area (Å²) < 4.78 is 14.3. The van der Waals surface area contributed by atoms with Gasteiger partial charge in [-0.15, -0.1) is 0 Å². The topological polar surface area (TPSA) is 60.5 Å².